The van der Waals surface area contributed by atoms with Crippen LogP contribution >= 0.6 is 0 Å². The lowest BCUT2D eigenvalue weighted by Gasteiger charge is -2.30. The minimum absolute atomic E-state index is 0.289. The molecule has 21 heavy (non-hydrogen) atoms. The third-order valence-corrected chi connectivity index (χ3v) is 3.28. The third-order valence-electron chi connectivity index (χ3n) is 3.28. The van der Waals surface area contributed by atoms with Gasteiger partial charge in [-0.3, -0.25) is 14.4 Å². The number of hydrogen-bond acceptors (Lipinski definition) is 4. The second-order valence-electron chi connectivity index (χ2n) is 4.96. The Bertz CT molecular complexity index is 501. The van der Waals surface area contributed by atoms with Crippen LogP contribution in [0.2, 0.25) is 0 Å². The van der Waals surface area contributed by atoms with E-state index >= 15 is 0 Å². The van der Waals surface area contributed by atoms with Gasteiger partial charge >= 0.3 is 11.9 Å². The van der Waals surface area contributed by atoms with Crippen molar-refractivity contribution in [1.29, 1.82) is 0 Å². The molecule has 1 unspecified atom stereocenters. The third kappa shape index (κ3) is 5.38. The van der Waals surface area contributed by atoms with Crippen LogP contribution in [0.25, 0.3) is 0 Å². The van der Waals surface area contributed by atoms with E-state index in [1.165, 1.54) is 31.4 Å². The van der Waals surface area contributed by atoms with E-state index in [2.05, 4.69) is 29.0 Å². The number of benzene rings is 1. The fraction of sp³-hybridized carbons (Fsp3) is 0.438. The summed E-state index contributed by atoms with van der Waals surface area (Å²) in [6, 6.07) is 8.72. The first-order valence-electron chi connectivity index (χ1n) is 6.89. The van der Waals surface area contributed by atoms with Crippen molar-refractivity contribution in [1.82, 2.24) is 4.90 Å². The number of carbonyl (C=O) groups is 3. The largest absolute Gasteiger partial charge is 0.394 e. The molecule has 1 aromatic rings. The zero-order valence-corrected chi connectivity index (χ0v) is 12.7. The highest BCUT2D eigenvalue weighted by atomic mass is 16.6. The molecular weight excluding hydrogens is 270 g/mol. The van der Waals surface area contributed by atoms with Gasteiger partial charge in [-0.25, -0.2) is 0 Å². The van der Waals surface area contributed by atoms with Crippen LogP contribution in [-0.4, -0.2) is 30.3 Å². The van der Waals surface area contributed by atoms with E-state index in [4.69, 9.17) is 0 Å². The number of ether oxygens (including phenoxy) is 1. The molecule has 5 heteroatoms. The molecule has 1 aromatic carbocycles. The Morgan fingerprint density at radius 2 is 1.86 bits per heavy atom. The van der Waals surface area contributed by atoms with Gasteiger partial charge in [0.25, 0.3) is 0 Å². The molecule has 5 nitrogen and oxygen atoms in total. The summed E-state index contributed by atoms with van der Waals surface area (Å²) in [5.41, 5.74) is 2.73. The van der Waals surface area contributed by atoms with Crippen LogP contribution in [-0.2, 0) is 25.5 Å². The van der Waals surface area contributed by atoms with E-state index in [1.807, 2.05) is 7.05 Å². The molecule has 114 valence electrons. The quantitative estimate of drug-likeness (QED) is 0.476. The summed E-state index contributed by atoms with van der Waals surface area (Å²) in [5, 5.41) is 0. The lowest BCUT2D eigenvalue weighted by atomic mass is 9.87. The molecule has 1 atom stereocenters. The maximum atomic E-state index is 10.7. The van der Waals surface area contributed by atoms with E-state index in [0.29, 0.717) is 0 Å². The van der Waals surface area contributed by atoms with Crippen molar-refractivity contribution in [2.24, 2.45) is 0 Å². The first-order chi connectivity index (χ1) is 9.95. The summed E-state index contributed by atoms with van der Waals surface area (Å²) in [7, 11) is 1.86. The SMILES string of the molecule is CC(=O)OC(C)=O.CN(C=O)C1CCCc2ccccc21. The van der Waals surface area contributed by atoms with Crippen molar-refractivity contribution in [2.75, 3.05) is 7.05 Å². The van der Waals surface area contributed by atoms with Crippen LogP contribution in [0.1, 0.15) is 43.9 Å². The predicted octanol–water partition coefficient (Wildman–Crippen LogP) is 2.25. The average molecular weight is 291 g/mol. The summed E-state index contributed by atoms with van der Waals surface area (Å²) in [4.78, 5) is 32.1. The smallest absolute Gasteiger partial charge is 0.310 e. The van der Waals surface area contributed by atoms with E-state index < -0.39 is 11.9 Å². The first kappa shape index (κ1) is 16.9. The highest BCUT2D eigenvalue weighted by Gasteiger charge is 2.22. The molecule has 0 aliphatic heterocycles. The Balaban J connectivity index is 0.000000270. The summed E-state index contributed by atoms with van der Waals surface area (Å²) >= 11 is 0. The predicted molar refractivity (Wildman–Crippen MR) is 78.4 cm³/mol. The van der Waals surface area contributed by atoms with E-state index in [1.54, 1.807) is 4.90 Å². The molecule has 0 spiro atoms. The van der Waals surface area contributed by atoms with Gasteiger partial charge in [0, 0.05) is 20.9 Å². The second-order valence-corrected chi connectivity index (χ2v) is 4.96. The number of nitrogens with zero attached hydrogens (tertiary/aromatic N) is 1. The molecule has 0 saturated heterocycles. The van der Waals surface area contributed by atoms with Crippen LogP contribution in [0.15, 0.2) is 24.3 Å². The van der Waals surface area contributed by atoms with Gasteiger partial charge < -0.3 is 9.64 Å². The van der Waals surface area contributed by atoms with E-state index in [9.17, 15) is 14.4 Å². The minimum Gasteiger partial charge on any atom is -0.394 e. The Kier molecular flexibility index (Phi) is 6.59. The highest BCUT2D eigenvalue weighted by molar-refractivity contribution is 5.82. The monoisotopic (exact) mass is 291 g/mol. The molecule has 0 fully saturated rings. The van der Waals surface area contributed by atoms with Crippen LogP contribution in [0, 0.1) is 0 Å². The number of hydrogen-bond donors (Lipinski definition) is 0. The number of aryl methyl sites for hydroxylation is 1. The van der Waals surface area contributed by atoms with Gasteiger partial charge in [0.05, 0.1) is 6.04 Å². The molecule has 0 radical (unpaired) electrons. The Morgan fingerprint density at radius 1 is 1.24 bits per heavy atom. The van der Waals surface area contributed by atoms with Crippen LogP contribution in [0.3, 0.4) is 0 Å². The van der Waals surface area contributed by atoms with Gasteiger partial charge in [-0.2, -0.15) is 0 Å². The molecule has 1 aliphatic rings. The molecule has 1 aliphatic carbocycles. The van der Waals surface area contributed by atoms with Crippen molar-refractivity contribution in [3.63, 3.8) is 0 Å². The van der Waals surface area contributed by atoms with Gasteiger partial charge in [-0.1, -0.05) is 24.3 Å². The molecular formula is C16H21NO4. The minimum atomic E-state index is -0.562. The summed E-state index contributed by atoms with van der Waals surface area (Å²) < 4.78 is 3.97. The highest BCUT2D eigenvalue weighted by Crippen LogP contribution is 2.32. The van der Waals surface area contributed by atoms with Crippen LogP contribution in [0.5, 0.6) is 0 Å². The molecule has 0 aromatic heterocycles. The Hall–Kier alpha value is -2.17. The van der Waals surface area contributed by atoms with Crippen molar-refractivity contribution in [2.45, 2.75) is 39.2 Å². The van der Waals surface area contributed by atoms with Crippen molar-refractivity contribution < 1.29 is 19.1 Å². The number of amides is 1. The lowest BCUT2D eigenvalue weighted by molar-refractivity contribution is -0.156. The fourth-order valence-electron chi connectivity index (χ4n) is 2.43. The van der Waals surface area contributed by atoms with Crippen LogP contribution < -0.4 is 0 Å². The standard InChI is InChI=1S/C12H15NO.C4H6O3/c1-13(9-14)12-8-4-6-10-5-2-3-7-11(10)12;1-3(5)7-4(2)6/h2-3,5,7,9,12H,4,6,8H2,1H3;1-2H3. The molecule has 0 N–H and O–H groups in total. The zero-order valence-electron chi connectivity index (χ0n) is 12.7. The van der Waals surface area contributed by atoms with E-state index in [0.717, 1.165) is 19.3 Å². The van der Waals surface area contributed by atoms with Crippen molar-refractivity contribution in [3.05, 3.63) is 35.4 Å². The molecule has 0 bridgehead atoms. The first-order valence-corrected chi connectivity index (χ1v) is 6.89. The maximum Gasteiger partial charge on any atom is 0.310 e. The molecule has 0 saturated carbocycles. The number of carbonyl (C=O) groups excluding carboxylic acids is 3. The normalized spacial score (nSPS) is 15.9. The summed E-state index contributed by atoms with van der Waals surface area (Å²) in [5.74, 6) is -1.12. The van der Waals surface area contributed by atoms with Gasteiger partial charge in [-0.15, -0.1) is 0 Å². The van der Waals surface area contributed by atoms with Gasteiger partial charge in [0.2, 0.25) is 6.41 Å². The topological polar surface area (TPSA) is 63.7 Å². The van der Waals surface area contributed by atoms with Gasteiger partial charge in [-0.05, 0) is 30.4 Å². The average Bonchev–Trinajstić information content (AvgIpc) is 2.45. The number of rotatable bonds is 2. The van der Waals surface area contributed by atoms with Crippen molar-refractivity contribution in [3.8, 4) is 0 Å². The Labute approximate surface area is 124 Å². The fourth-order valence-corrected chi connectivity index (χ4v) is 2.43. The molecule has 2 rings (SSSR count). The number of esters is 2. The van der Waals surface area contributed by atoms with Crippen molar-refractivity contribution >= 4 is 18.3 Å². The van der Waals surface area contributed by atoms with Gasteiger partial charge in [0.15, 0.2) is 0 Å². The zero-order chi connectivity index (χ0) is 15.8. The van der Waals surface area contributed by atoms with Gasteiger partial charge in [0.1, 0.15) is 0 Å². The molecule has 0 heterocycles. The lowest BCUT2D eigenvalue weighted by Crippen LogP contribution is -2.26. The number of fused-ring (bicyclic) bond motifs is 1. The molecule has 1 amide bonds. The maximum absolute atomic E-state index is 10.7. The summed E-state index contributed by atoms with van der Waals surface area (Å²) in [6.07, 6.45) is 4.35. The van der Waals surface area contributed by atoms with E-state index in [-0.39, 0.29) is 6.04 Å². The Morgan fingerprint density at radius 3 is 2.38 bits per heavy atom. The summed E-state index contributed by atoms with van der Waals surface area (Å²) in [6.45, 7) is 2.36. The second kappa shape index (κ2) is 8.19. The van der Waals surface area contributed by atoms with Crippen LogP contribution in [0.4, 0.5) is 0 Å².